The van der Waals surface area contributed by atoms with Crippen molar-refractivity contribution in [2.45, 2.75) is 6.54 Å². The van der Waals surface area contributed by atoms with Crippen LogP contribution in [0.1, 0.15) is 5.56 Å². The molecule has 1 aromatic carbocycles. The SMILES string of the molecule is O=c1cc[nH]c2nc(-c3cccc(CN4CCOCC4)c3)[nH]c12. The third kappa shape index (κ3) is 2.91. The summed E-state index contributed by atoms with van der Waals surface area (Å²) < 4.78 is 5.39. The Morgan fingerprint density at radius 1 is 1.22 bits per heavy atom. The number of benzene rings is 1. The number of pyridine rings is 1. The molecule has 0 bridgehead atoms. The van der Waals surface area contributed by atoms with Crippen LogP contribution in [0.5, 0.6) is 0 Å². The maximum atomic E-state index is 11.8. The van der Waals surface area contributed by atoms with Gasteiger partial charge in [0, 0.05) is 37.5 Å². The van der Waals surface area contributed by atoms with E-state index in [4.69, 9.17) is 4.74 Å². The summed E-state index contributed by atoms with van der Waals surface area (Å²) >= 11 is 0. The molecule has 0 amide bonds. The van der Waals surface area contributed by atoms with Gasteiger partial charge in [-0.25, -0.2) is 4.98 Å². The fourth-order valence-corrected chi connectivity index (χ4v) is 2.91. The highest BCUT2D eigenvalue weighted by atomic mass is 16.5. The number of rotatable bonds is 3. The summed E-state index contributed by atoms with van der Waals surface area (Å²) in [7, 11) is 0. The molecule has 118 valence electrons. The lowest BCUT2D eigenvalue weighted by molar-refractivity contribution is 0.0342. The van der Waals surface area contributed by atoms with Crippen molar-refractivity contribution < 1.29 is 4.74 Å². The van der Waals surface area contributed by atoms with Crippen LogP contribution in [0.2, 0.25) is 0 Å². The standard InChI is InChI=1S/C17H18N4O2/c22-14-4-5-18-17-15(14)19-16(20-17)13-3-1-2-12(10-13)11-21-6-8-23-9-7-21/h1-5,10H,6-9,11H2,(H2,18,19,20,22). The zero-order valence-electron chi connectivity index (χ0n) is 12.7. The molecule has 0 atom stereocenters. The fraction of sp³-hybridized carbons (Fsp3) is 0.294. The first-order chi connectivity index (χ1) is 11.3. The summed E-state index contributed by atoms with van der Waals surface area (Å²) in [6, 6.07) is 9.77. The lowest BCUT2D eigenvalue weighted by Gasteiger charge is -2.26. The van der Waals surface area contributed by atoms with Gasteiger partial charge in [0.1, 0.15) is 11.3 Å². The highest BCUT2D eigenvalue weighted by molar-refractivity contribution is 5.75. The van der Waals surface area contributed by atoms with E-state index in [1.807, 2.05) is 12.1 Å². The number of H-pyrrole nitrogens is 2. The second-order valence-electron chi connectivity index (χ2n) is 5.74. The molecule has 3 aromatic rings. The van der Waals surface area contributed by atoms with Gasteiger partial charge in [-0.15, -0.1) is 0 Å². The van der Waals surface area contributed by atoms with Crippen molar-refractivity contribution >= 4 is 11.2 Å². The molecule has 3 heterocycles. The quantitative estimate of drug-likeness (QED) is 0.773. The van der Waals surface area contributed by atoms with Gasteiger partial charge in [0.15, 0.2) is 5.65 Å². The maximum absolute atomic E-state index is 11.8. The van der Waals surface area contributed by atoms with E-state index in [0.717, 1.165) is 38.4 Å². The minimum absolute atomic E-state index is 0.0537. The zero-order valence-corrected chi connectivity index (χ0v) is 12.7. The third-order valence-electron chi connectivity index (χ3n) is 4.12. The molecule has 1 saturated heterocycles. The number of fused-ring (bicyclic) bond motifs is 1. The van der Waals surface area contributed by atoms with Crippen molar-refractivity contribution in [3.63, 3.8) is 0 Å². The molecule has 0 saturated carbocycles. The van der Waals surface area contributed by atoms with Crippen molar-refractivity contribution in [1.29, 1.82) is 0 Å². The summed E-state index contributed by atoms with van der Waals surface area (Å²) in [4.78, 5) is 24.8. The summed E-state index contributed by atoms with van der Waals surface area (Å²) in [5, 5.41) is 0. The van der Waals surface area contributed by atoms with Crippen LogP contribution in [0.25, 0.3) is 22.6 Å². The number of hydrogen-bond donors (Lipinski definition) is 2. The zero-order chi connectivity index (χ0) is 15.6. The molecule has 0 aliphatic carbocycles. The van der Waals surface area contributed by atoms with E-state index in [0.29, 0.717) is 17.0 Å². The molecule has 0 spiro atoms. The summed E-state index contributed by atoms with van der Waals surface area (Å²) in [6.07, 6.45) is 1.62. The van der Waals surface area contributed by atoms with Crippen LogP contribution in [0.3, 0.4) is 0 Å². The molecule has 1 aliphatic rings. The lowest BCUT2D eigenvalue weighted by Crippen LogP contribution is -2.35. The summed E-state index contributed by atoms with van der Waals surface area (Å²) in [6.45, 7) is 4.42. The van der Waals surface area contributed by atoms with E-state index in [2.05, 4.69) is 32.0 Å². The van der Waals surface area contributed by atoms with E-state index in [9.17, 15) is 4.79 Å². The molecular weight excluding hydrogens is 292 g/mol. The number of imidazole rings is 1. The van der Waals surface area contributed by atoms with Crippen LogP contribution in [0, 0.1) is 0 Å². The highest BCUT2D eigenvalue weighted by Gasteiger charge is 2.12. The molecule has 1 fully saturated rings. The Balaban J connectivity index is 1.64. The molecule has 0 unspecified atom stereocenters. The van der Waals surface area contributed by atoms with Crippen molar-refractivity contribution in [2.75, 3.05) is 26.3 Å². The van der Waals surface area contributed by atoms with Gasteiger partial charge in [0.2, 0.25) is 5.43 Å². The molecule has 4 rings (SSSR count). The van der Waals surface area contributed by atoms with Gasteiger partial charge < -0.3 is 14.7 Å². The Labute approximate surface area is 133 Å². The second kappa shape index (κ2) is 5.98. The number of aromatic nitrogens is 3. The monoisotopic (exact) mass is 310 g/mol. The number of nitrogens with one attached hydrogen (secondary N) is 2. The summed E-state index contributed by atoms with van der Waals surface area (Å²) in [5.41, 5.74) is 3.27. The van der Waals surface area contributed by atoms with Gasteiger partial charge in [-0.3, -0.25) is 9.69 Å². The van der Waals surface area contributed by atoms with Crippen LogP contribution in [0.4, 0.5) is 0 Å². The van der Waals surface area contributed by atoms with Crippen molar-refractivity contribution in [2.24, 2.45) is 0 Å². The Hall–Kier alpha value is -2.44. The molecular formula is C17H18N4O2. The molecule has 6 heteroatoms. The topological polar surface area (TPSA) is 74.0 Å². The van der Waals surface area contributed by atoms with E-state index < -0.39 is 0 Å². The molecule has 23 heavy (non-hydrogen) atoms. The predicted octanol–water partition coefficient (Wildman–Crippen LogP) is 1.75. The average Bonchev–Trinajstić information content (AvgIpc) is 3.02. The Morgan fingerprint density at radius 3 is 2.91 bits per heavy atom. The number of hydrogen-bond acceptors (Lipinski definition) is 4. The summed E-state index contributed by atoms with van der Waals surface area (Å²) in [5.74, 6) is 0.711. The van der Waals surface area contributed by atoms with Gasteiger partial charge in [0.05, 0.1) is 13.2 Å². The van der Waals surface area contributed by atoms with Crippen LogP contribution < -0.4 is 5.43 Å². The number of aromatic amines is 2. The minimum atomic E-state index is -0.0537. The van der Waals surface area contributed by atoms with E-state index in [1.165, 1.54) is 11.6 Å². The van der Waals surface area contributed by atoms with Gasteiger partial charge in [-0.1, -0.05) is 18.2 Å². The van der Waals surface area contributed by atoms with Gasteiger partial charge in [0.25, 0.3) is 0 Å². The Morgan fingerprint density at radius 2 is 2.09 bits per heavy atom. The Kier molecular flexibility index (Phi) is 3.69. The van der Waals surface area contributed by atoms with Crippen LogP contribution in [-0.4, -0.2) is 46.2 Å². The van der Waals surface area contributed by atoms with Crippen LogP contribution in [0.15, 0.2) is 41.3 Å². The van der Waals surface area contributed by atoms with Crippen LogP contribution in [-0.2, 0) is 11.3 Å². The Bertz CT molecular complexity index is 877. The smallest absolute Gasteiger partial charge is 0.207 e. The number of ether oxygens (including phenoxy) is 1. The van der Waals surface area contributed by atoms with Crippen molar-refractivity contribution in [3.05, 3.63) is 52.3 Å². The molecule has 0 radical (unpaired) electrons. The largest absolute Gasteiger partial charge is 0.379 e. The molecule has 2 aromatic heterocycles. The van der Waals surface area contributed by atoms with Gasteiger partial charge >= 0.3 is 0 Å². The normalized spacial score (nSPS) is 16.0. The first-order valence-corrected chi connectivity index (χ1v) is 7.76. The number of nitrogens with zero attached hydrogens (tertiary/aromatic N) is 2. The van der Waals surface area contributed by atoms with Gasteiger partial charge in [-0.2, -0.15) is 0 Å². The van der Waals surface area contributed by atoms with Gasteiger partial charge in [-0.05, 0) is 11.6 Å². The van der Waals surface area contributed by atoms with Crippen molar-refractivity contribution in [1.82, 2.24) is 19.9 Å². The minimum Gasteiger partial charge on any atom is -0.379 e. The third-order valence-corrected chi connectivity index (χ3v) is 4.12. The molecule has 1 aliphatic heterocycles. The lowest BCUT2D eigenvalue weighted by atomic mass is 10.1. The first kappa shape index (κ1) is 14.2. The average molecular weight is 310 g/mol. The van der Waals surface area contributed by atoms with Crippen LogP contribution >= 0.6 is 0 Å². The highest BCUT2D eigenvalue weighted by Crippen LogP contribution is 2.20. The fourth-order valence-electron chi connectivity index (χ4n) is 2.91. The first-order valence-electron chi connectivity index (χ1n) is 7.76. The maximum Gasteiger partial charge on any atom is 0.207 e. The van der Waals surface area contributed by atoms with E-state index in [1.54, 1.807) is 6.20 Å². The molecule has 2 N–H and O–H groups in total. The van der Waals surface area contributed by atoms with E-state index in [-0.39, 0.29) is 5.43 Å². The van der Waals surface area contributed by atoms with E-state index >= 15 is 0 Å². The molecule has 6 nitrogen and oxygen atoms in total. The van der Waals surface area contributed by atoms with Crippen molar-refractivity contribution in [3.8, 4) is 11.4 Å². The second-order valence-corrected chi connectivity index (χ2v) is 5.74. The number of morpholine rings is 1. The predicted molar refractivity (Wildman–Crippen MR) is 88.2 cm³/mol.